The first-order valence-corrected chi connectivity index (χ1v) is 4.66. The summed E-state index contributed by atoms with van der Waals surface area (Å²) in [6.45, 7) is 2.04. The zero-order valence-corrected chi connectivity index (χ0v) is 8.75. The maximum absolute atomic E-state index is 13.2. The van der Waals surface area contributed by atoms with Crippen LogP contribution >= 0.6 is 0 Å². The Morgan fingerprint density at radius 2 is 2.20 bits per heavy atom. The summed E-state index contributed by atoms with van der Waals surface area (Å²) in [7, 11) is 1.37. The molecule has 0 saturated carbocycles. The first-order chi connectivity index (χ1) is 7.19. The number of methoxy groups -OCH3 is 1. The molecule has 3 nitrogen and oxygen atoms in total. The van der Waals surface area contributed by atoms with Gasteiger partial charge in [0.1, 0.15) is 0 Å². The van der Waals surface area contributed by atoms with Gasteiger partial charge in [-0.15, -0.1) is 0 Å². The molecular weight excluding hydrogens is 199 g/mol. The summed E-state index contributed by atoms with van der Waals surface area (Å²) < 4.78 is 22.9. The van der Waals surface area contributed by atoms with Crippen molar-refractivity contribution in [2.24, 2.45) is 0 Å². The standard InChI is InChI=1S/C11H13FO3/c1-3-15-10(13)7-8-5-4-6-9(12)11(8)14-2/h4-6H,3,7H2,1-2H3. The van der Waals surface area contributed by atoms with Crippen LogP contribution in [0, 0.1) is 5.82 Å². The first-order valence-electron chi connectivity index (χ1n) is 4.66. The third-order valence-electron chi connectivity index (χ3n) is 1.89. The Bertz CT molecular complexity index is 350. The van der Waals surface area contributed by atoms with Crippen molar-refractivity contribution in [3.63, 3.8) is 0 Å². The maximum atomic E-state index is 13.2. The van der Waals surface area contributed by atoms with E-state index in [9.17, 15) is 9.18 Å². The molecule has 1 aromatic rings. The van der Waals surface area contributed by atoms with E-state index in [1.807, 2.05) is 0 Å². The van der Waals surface area contributed by atoms with Crippen LogP contribution < -0.4 is 4.74 Å². The van der Waals surface area contributed by atoms with E-state index in [1.54, 1.807) is 13.0 Å². The Hall–Kier alpha value is -1.58. The predicted octanol–water partition coefficient (Wildman–Crippen LogP) is 1.94. The highest BCUT2D eigenvalue weighted by atomic mass is 19.1. The molecule has 1 aromatic carbocycles. The molecule has 0 fully saturated rings. The lowest BCUT2D eigenvalue weighted by molar-refractivity contribution is -0.142. The summed E-state index contributed by atoms with van der Waals surface area (Å²) in [5, 5.41) is 0. The van der Waals surface area contributed by atoms with E-state index >= 15 is 0 Å². The lowest BCUT2D eigenvalue weighted by Gasteiger charge is -2.08. The van der Waals surface area contributed by atoms with E-state index in [1.165, 1.54) is 19.2 Å². The number of carbonyl (C=O) groups is 1. The third-order valence-corrected chi connectivity index (χ3v) is 1.89. The number of hydrogen-bond acceptors (Lipinski definition) is 3. The molecule has 0 atom stereocenters. The maximum Gasteiger partial charge on any atom is 0.310 e. The molecule has 0 amide bonds. The van der Waals surface area contributed by atoms with Gasteiger partial charge in [0.2, 0.25) is 0 Å². The van der Waals surface area contributed by atoms with Gasteiger partial charge in [-0.05, 0) is 13.0 Å². The van der Waals surface area contributed by atoms with Gasteiger partial charge in [-0.1, -0.05) is 12.1 Å². The summed E-state index contributed by atoms with van der Waals surface area (Å²) >= 11 is 0. The fourth-order valence-corrected chi connectivity index (χ4v) is 1.29. The largest absolute Gasteiger partial charge is 0.493 e. The minimum atomic E-state index is -0.473. The highest BCUT2D eigenvalue weighted by molar-refractivity contribution is 5.73. The van der Waals surface area contributed by atoms with E-state index in [2.05, 4.69) is 0 Å². The molecule has 0 N–H and O–H groups in total. The van der Waals surface area contributed by atoms with Crippen molar-refractivity contribution >= 4 is 5.97 Å². The Morgan fingerprint density at radius 3 is 2.80 bits per heavy atom. The van der Waals surface area contributed by atoms with E-state index in [0.717, 1.165) is 0 Å². The number of para-hydroxylation sites is 1. The monoisotopic (exact) mass is 212 g/mol. The molecule has 0 unspecified atom stereocenters. The molecule has 0 saturated heterocycles. The smallest absolute Gasteiger partial charge is 0.310 e. The van der Waals surface area contributed by atoms with E-state index < -0.39 is 5.82 Å². The van der Waals surface area contributed by atoms with E-state index in [4.69, 9.17) is 9.47 Å². The molecule has 82 valence electrons. The minimum Gasteiger partial charge on any atom is -0.493 e. The lowest BCUT2D eigenvalue weighted by Crippen LogP contribution is -2.09. The third kappa shape index (κ3) is 2.94. The molecule has 0 radical (unpaired) electrons. The molecule has 0 spiro atoms. The number of hydrogen-bond donors (Lipinski definition) is 0. The van der Waals surface area contributed by atoms with Gasteiger partial charge in [0.25, 0.3) is 0 Å². The van der Waals surface area contributed by atoms with Gasteiger partial charge in [0.15, 0.2) is 11.6 Å². The van der Waals surface area contributed by atoms with Crippen molar-refractivity contribution in [1.29, 1.82) is 0 Å². The van der Waals surface area contributed by atoms with E-state index in [0.29, 0.717) is 12.2 Å². The van der Waals surface area contributed by atoms with Crippen molar-refractivity contribution in [2.45, 2.75) is 13.3 Å². The van der Waals surface area contributed by atoms with Gasteiger partial charge < -0.3 is 9.47 Å². The number of halogens is 1. The Kier molecular flexibility index (Phi) is 4.09. The number of ether oxygens (including phenoxy) is 2. The summed E-state index contributed by atoms with van der Waals surface area (Å²) in [4.78, 5) is 11.2. The number of benzene rings is 1. The quantitative estimate of drug-likeness (QED) is 0.715. The summed E-state index contributed by atoms with van der Waals surface area (Å²) in [5.41, 5.74) is 0.496. The van der Waals surface area contributed by atoms with Gasteiger partial charge in [-0.2, -0.15) is 0 Å². The van der Waals surface area contributed by atoms with Crippen LogP contribution in [0.4, 0.5) is 4.39 Å². The Balaban J connectivity index is 2.84. The summed E-state index contributed by atoms with van der Waals surface area (Å²) in [6.07, 6.45) is 0.0226. The van der Waals surface area contributed by atoms with Gasteiger partial charge >= 0.3 is 5.97 Å². The normalized spacial score (nSPS) is 9.80. The Morgan fingerprint density at radius 1 is 1.47 bits per heavy atom. The highest BCUT2D eigenvalue weighted by Crippen LogP contribution is 2.22. The van der Waals surface area contributed by atoms with Gasteiger partial charge in [0.05, 0.1) is 20.1 Å². The van der Waals surface area contributed by atoms with Crippen molar-refractivity contribution in [3.8, 4) is 5.75 Å². The lowest BCUT2D eigenvalue weighted by atomic mass is 10.1. The number of carbonyl (C=O) groups excluding carboxylic acids is 1. The SMILES string of the molecule is CCOC(=O)Cc1cccc(F)c1OC. The van der Waals surface area contributed by atoms with Crippen LogP contribution in [-0.4, -0.2) is 19.7 Å². The predicted molar refractivity (Wildman–Crippen MR) is 53.3 cm³/mol. The molecular formula is C11H13FO3. The molecule has 0 aliphatic heterocycles. The van der Waals surface area contributed by atoms with Crippen LogP contribution in [0.3, 0.4) is 0 Å². The fourth-order valence-electron chi connectivity index (χ4n) is 1.29. The van der Waals surface area contributed by atoms with Crippen LogP contribution in [-0.2, 0) is 16.0 Å². The molecule has 15 heavy (non-hydrogen) atoms. The molecule has 1 rings (SSSR count). The molecule has 0 aliphatic carbocycles. The van der Waals surface area contributed by atoms with Crippen LogP contribution in [0.2, 0.25) is 0 Å². The van der Waals surface area contributed by atoms with Crippen LogP contribution in [0.25, 0.3) is 0 Å². The van der Waals surface area contributed by atoms with Crippen LogP contribution in [0.15, 0.2) is 18.2 Å². The number of rotatable bonds is 4. The van der Waals surface area contributed by atoms with Crippen LogP contribution in [0.1, 0.15) is 12.5 Å². The second-order valence-electron chi connectivity index (χ2n) is 2.91. The second-order valence-corrected chi connectivity index (χ2v) is 2.91. The Labute approximate surface area is 87.8 Å². The molecule has 0 bridgehead atoms. The van der Waals surface area contributed by atoms with E-state index in [-0.39, 0.29) is 18.1 Å². The average Bonchev–Trinajstić information content (AvgIpc) is 2.18. The average molecular weight is 212 g/mol. The molecule has 0 heterocycles. The molecule has 4 heteroatoms. The number of esters is 1. The summed E-state index contributed by atoms with van der Waals surface area (Å²) in [6, 6.07) is 4.46. The van der Waals surface area contributed by atoms with Crippen molar-refractivity contribution < 1.29 is 18.7 Å². The topological polar surface area (TPSA) is 35.5 Å². The van der Waals surface area contributed by atoms with Crippen molar-refractivity contribution in [3.05, 3.63) is 29.6 Å². The van der Waals surface area contributed by atoms with Crippen molar-refractivity contribution in [2.75, 3.05) is 13.7 Å². The van der Waals surface area contributed by atoms with Crippen LogP contribution in [0.5, 0.6) is 5.75 Å². The van der Waals surface area contributed by atoms with Gasteiger partial charge in [0, 0.05) is 5.56 Å². The van der Waals surface area contributed by atoms with Crippen molar-refractivity contribution in [1.82, 2.24) is 0 Å². The zero-order chi connectivity index (χ0) is 11.3. The van der Waals surface area contributed by atoms with Gasteiger partial charge in [-0.3, -0.25) is 4.79 Å². The zero-order valence-electron chi connectivity index (χ0n) is 8.75. The van der Waals surface area contributed by atoms with Gasteiger partial charge in [-0.25, -0.2) is 4.39 Å². The highest BCUT2D eigenvalue weighted by Gasteiger charge is 2.12. The molecule has 0 aliphatic rings. The second kappa shape index (κ2) is 5.34. The summed E-state index contributed by atoms with van der Waals surface area (Å²) in [5.74, 6) is -0.758. The minimum absolute atomic E-state index is 0.0226. The fraction of sp³-hybridized carbons (Fsp3) is 0.364. The first kappa shape index (κ1) is 11.5. The molecule has 0 aromatic heterocycles.